The Morgan fingerprint density at radius 2 is 1.82 bits per heavy atom. The summed E-state index contributed by atoms with van der Waals surface area (Å²) in [4.78, 5) is 26.9. The van der Waals surface area contributed by atoms with Gasteiger partial charge in [0.2, 0.25) is 0 Å². The van der Waals surface area contributed by atoms with Gasteiger partial charge in [0.05, 0.1) is 10.6 Å². The molecular weight excluding hydrogens is 450 g/mol. The van der Waals surface area contributed by atoms with Crippen molar-refractivity contribution in [1.82, 2.24) is 4.98 Å². The van der Waals surface area contributed by atoms with Gasteiger partial charge < -0.3 is 9.84 Å². The van der Waals surface area contributed by atoms with Gasteiger partial charge in [-0.25, -0.2) is 4.79 Å². The molecule has 34 heavy (non-hydrogen) atoms. The summed E-state index contributed by atoms with van der Waals surface area (Å²) in [5.41, 5.74) is 6.26. The number of halogens is 1. The third-order valence-corrected chi connectivity index (χ3v) is 5.97. The van der Waals surface area contributed by atoms with Gasteiger partial charge in [0.1, 0.15) is 18.6 Å². The second-order valence-corrected chi connectivity index (χ2v) is 8.31. The first-order valence-electron chi connectivity index (χ1n) is 10.7. The molecule has 0 bridgehead atoms. The average molecular weight is 472 g/mol. The first-order valence-corrected chi connectivity index (χ1v) is 11.1. The number of ether oxygens (including phenoxy) is 1. The number of benzene rings is 3. The van der Waals surface area contributed by atoms with E-state index in [1.807, 2.05) is 30.3 Å². The molecule has 0 radical (unpaired) electrons. The second-order valence-electron chi connectivity index (χ2n) is 7.91. The van der Waals surface area contributed by atoms with Gasteiger partial charge in [0, 0.05) is 18.0 Å². The molecule has 5 nitrogen and oxygen atoms in total. The Morgan fingerprint density at radius 1 is 1.03 bits per heavy atom. The van der Waals surface area contributed by atoms with E-state index in [4.69, 9.17) is 16.3 Å². The number of carboxylic acid groups (broad SMARTS) is 1. The summed E-state index contributed by atoms with van der Waals surface area (Å²) in [6, 6.07) is 21.1. The van der Waals surface area contributed by atoms with E-state index in [0.29, 0.717) is 40.5 Å². The number of aldehydes is 1. The summed E-state index contributed by atoms with van der Waals surface area (Å²) >= 11 is 6.41. The van der Waals surface area contributed by atoms with Gasteiger partial charge in [-0.15, -0.1) is 0 Å². The zero-order valence-corrected chi connectivity index (χ0v) is 19.3. The molecule has 1 N–H and O–H groups in total. The van der Waals surface area contributed by atoms with Gasteiger partial charge >= 0.3 is 5.97 Å². The Morgan fingerprint density at radius 3 is 2.56 bits per heavy atom. The molecule has 3 aromatic carbocycles. The monoisotopic (exact) mass is 471 g/mol. The highest BCUT2D eigenvalue weighted by Gasteiger charge is 2.13. The van der Waals surface area contributed by atoms with Gasteiger partial charge in [-0.2, -0.15) is 0 Å². The Hall–Kier alpha value is -3.96. The van der Waals surface area contributed by atoms with Crippen LogP contribution in [-0.4, -0.2) is 22.3 Å². The first kappa shape index (κ1) is 23.2. The van der Waals surface area contributed by atoms with Crippen LogP contribution in [0.3, 0.4) is 0 Å². The van der Waals surface area contributed by atoms with E-state index >= 15 is 0 Å². The minimum Gasteiger partial charge on any atom is -0.487 e. The summed E-state index contributed by atoms with van der Waals surface area (Å²) in [7, 11) is 0. The molecule has 4 rings (SSSR count). The number of carbonyl (C=O) groups excluding carboxylic acids is 1. The summed E-state index contributed by atoms with van der Waals surface area (Å²) in [5.74, 6) is -0.604. The lowest BCUT2D eigenvalue weighted by Crippen LogP contribution is -2.03. The minimum absolute atomic E-state index is 0.0874. The maximum atomic E-state index is 11.6. The van der Waals surface area contributed by atoms with Gasteiger partial charge in [-0.05, 0) is 64.9 Å². The van der Waals surface area contributed by atoms with E-state index in [-0.39, 0.29) is 5.56 Å². The molecule has 0 saturated carbocycles. The molecule has 170 valence electrons. The molecule has 0 aliphatic carbocycles. The molecule has 0 amide bonds. The van der Waals surface area contributed by atoms with Crippen molar-refractivity contribution >= 4 is 23.9 Å². The predicted molar refractivity (Wildman–Crippen MR) is 132 cm³/mol. The Balaban J connectivity index is 1.59. The quantitative estimate of drug-likeness (QED) is 0.301. The molecule has 0 saturated heterocycles. The maximum Gasteiger partial charge on any atom is 0.337 e. The zero-order valence-electron chi connectivity index (χ0n) is 18.5. The van der Waals surface area contributed by atoms with Crippen molar-refractivity contribution in [3.63, 3.8) is 0 Å². The molecule has 6 heteroatoms. The SMILES string of the molecule is Cc1c(COc2cc(Cc3cncc(C(=O)O)c3)c(C=O)cc2Cl)cccc1-c1ccccc1. The number of aromatic nitrogens is 1. The lowest BCUT2D eigenvalue weighted by molar-refractivity contribution is 0.0696. The van der Waals surface area contributed by atoms with Crippen molar-refractivity contribution in [2.45, 2.75) is 20.0 Å². The minimum atomic E-state index is -1.06. The fourth-order valence-electron chi connectivity index (χ4n) is 3.83. The summed E-state index contributed by atoms with van der Waals surface area (Å²) in [6.45, 7) is 2.37. The number of rotatable bonds is 8. The van der Waals surface area contributed by atoms with E-state index in [0.717, 1.165) is 28.5 Å². The molecular formula is C28H22ClNO4. The predicted octanol–water partition coefficient (Wildman–Crippen LogP) is 6.39. The van der Waals surface area contributed by atoms with E-state index < -0.39 is 5.97 Å². The topological polar surface area (TPSA) is 76.5 Å². The summed E-state index contributed by atoms with van der Waals surface area (Å²) in [6.07, 6.45) is 3.91. The number of hydrogen-bond acceptors (Lipinski definition) is 4. The normalized spacial score (nSPS) is 10.6. The fourth-order valence-corrected chi connectivity index (χ4v) is 4.06. The zero-order chi connectivity index (χ0) is 24.1. The molecule has 0 aliphatic heterocycles. The van der Waals surface area contributed by atoms with Crippen molar-refractivity contribution < 1.29 is 19.4 Å². The number of aromatic carboxylic acids is 1. The van der Waals surface area contributed by atoms with E-state index in [1.54, 1.807) is 18.3 Å². The van der Waals surface area contributed by atoms with Gasteiger partial charge in [-0.1, -0.05) is 60.1 Å². The lowest BCUT2D eigenvalue weighted by atomic mass is 9.97. The molecule has 1 heterocycles. The molecule has 4 aromatic rings. The van der Waals surface area contributed by atoms with Crippen molar-refractivity contribution in [1.29, 1.82) is 0 Å². The highest BCUT2D eigenvalue weighted by molar-refractivity contribution is 6.32. The molecule has 0 fully saturated rings. The van der Waals surface area contributed by atoms with Crippen LogP contribution in [0.15, 0.2) is 79.1 Å². The maximum absolute atomic E-state index is 11.6. The number of hydrogen-bond donors (Lipinski definition) is 1. The number of pyridine rings is 1. The van der Waals surface area contributed by atoms with Crippen LogP contribution in [0.2, 0.25) is 5.02 Å². The molecule has 1 aromatic heterocycles. The standard InChI is InChI=1S/C28H22ClNO4/c1-18-21(8-5-9-25(18)20-6-3-2-4-7-20)17-34-27-13-22(24(16-31)12-26(27)29)10-19-11-23(28(32)33)15-30-14-19/h2-9,11-16H,10,17H2,1H3,(H,32,33). The highest BCUT2D eigenvalue weighted by atomic mass is 35.5. The summed E-state index contributed by atoms with van der Waals surface area (Å²) in [5, 5.41) is 9.55. The second kappa shape index (κ2) is 10.3. The molecule has 0 atom stereocenters. The number of carboxylic acids is 1. The third kappa shape index (κ3) is 5.16. The van der Waals surface area contributed by atoms with Crippen LogP contribution in [0.1, 0.15) is 43.0 Å². The van der Waals surface area contributed by atoms with Crippen molar-refractivity contribution in [3.05, 3.63) is 118 Å². The molecule has 0 unspecified atom stereocenters. The van der Waals surface area contributed by atoms with Crippen LogP contribution < -0.4 is 4.74 Å². The van der Waals surface area contributed by atoms with Gasteiger partial charge in [0.15, 0.2) is 0 Å². The van der Waals surface area contributed by atoms with Crippen LogP contribution in [-0.2, 0) is 13.0 Å². The van der Waals surface area contributed by atoms with Crippen molar-refractivity contribution in [2.75, 3.05) is 0 Å². The lowest BCUT2D eigenvalue weighted by Gasteiger charge is -2.15. The van der Waals surface area contributed by atoms with Crippen LogP contribution in [0.25, 0.3) is 11.1 Å². The Labute approximate surface area is 202 Å². The van der Waals surface area contributed by atoms with Crippen LogP contribution >= 0.6 is 11.6 Å². The molecule has 0 spiro atoms. The highest BCUT2D eigenvalue weighted by Crippen LogP contribution is 2.31. The van der Waals surface area contributed by atoms with Crippen molar-refractivity contribution in [3.8, 4) is 16.9 Å². The third-order valence-electron chi connectivity index (χ3n) is 5.67. The molecule has 0 aliphatic rings. The smallest absolute Gasteiger partial charge is 0.337 e. The van der Waals surface area contributed by atoms with Crippen LogP contribution in [0.4, 0.5) is 0 Å². The number of nitrogens with zero attached hydrogens (tertiary/aromatic N) is 1. The number of carbonyl (C=O) groups is 2. The van der Waals surface area contributed by atoms with E-state index in [9.17, 15) is 14.7 Å². The van der Waals surface area contributed by atoms with E-state index in [2.05, 4.69) is 30.1 Å². The van der Waals surface area contributed by atoms with Gasteiger partial charge in [-0.3, -0.25) is 9.78 Å². The van der Waals surface area contributed by atoms with Crippen LogP contribution in [0.5, 0.6) is 5.75 Å². The average Bonchev–Trinajstić information content (AvgIpc) is 2.85. The van der Waals surface area contributed by atoms with Crippen molar-refractivity contribution in [2.24, 2.45) is 0 Å². The van der Waals surface area contributed by atoms with Gasteiger partial charge in [0.25, 0.3) is 0 Å². The first-order chi connectivity index (χ1) is 16.5. The van der Waals surface area contributed by atoms with E-state index in [1.165, 1.54) is 12.3 Å². The Kier molecular flexibility index (Phi) is 7.04. The van der Waals surface area contributed by atoms with Crippen LogP contribution in [0, 0.1) is 6.92 Å². The Bertz CT molecular complexity index is 1350. The summed E-state index contributed by atoms with van der Waals surface area (Å²) < 4.78 is 6.08. The fraction of sp³-hybridized carbons (Fsp3) is 0.107. The largest absolute Gasteiger partial charge is 0.487 e.